The second kappa shape index (κ2) is 9.76. The predicted molar refractivity (Wildman–Crippen MR) is 112 cm³/mol. The lowest BCUT2D eigenvalue weighted by molar-refractivity contribution is -0.204. The number of nitrogens with one attached hydrogen (secondary N) is 1. The van der Waals surface area contributed by atoms with Crippen molar-refractivity contribution in [3.63, 3.8) is 0 Å². The number of rotatable bonds is 3. The number of carbonyl (C=O) groups is 1. The number of fused-ring (bicyclic) bond motifs is 2. The van der Waals surface area contributed by atoms with E-state index < -0.39 is 41.2 Å². The van der Waals surface area contributed by atoms with Crippen LogP contribution in [-0.2, 0) is 17.8 Å². The highest BCUT2D eigenvalue weighted by atomic mass is 19.1. The van der Waals surface area contributed by atoms with Crippen molar-refractivity contribution in [3.8, 4) is 5.75 Å². The number of ether oxygens (including phenoxy) is 1. The van der Waals surface area contributed by atoms with E-state index in [0.29, 0.717) is 19.1 Å². The third-order valence-electron chi connectivity index (χ3n) is 5.56. The predicted octanol–water partition coefficient (Wildman–Crippen LogP) is 2.23. The fourth-order valence-corrected chi connectivity index (χ4v) is 3.93. The number of carbonyl (C=O) groups excluding carboxylic acids is 1. The summed E-state index contributed by atoms with van der Waals surface area (Å²) in [6.07, 6.45) is 0.204. The SMILES string of the molecule is CC.C[C@@H]1CCOC2Cn3cc(C(=O)NCc4ccc(F)cc4F)c(=O)c(O)c3C(O)N21. The number of aliphatic hydroxyl groups is 1. The van der Waals surface area contributed by atoms with Crippen LogP contribution in [0.3, 0.4) is 0 Å². The second-order valence-corrected chi connectivity index (χ2v) is 7.46. The second-order valence-electron chi connectivity index (χ2n) is 7.46. The van der Waals surface area contributed by atoms with Crippen LogP contribution >= 0.6 is 0 Å². The number of aliphatic hydroxyl groups excluding tert-OH is 1. The molecular weight excluding hydrogens is 424 g/mol. The molecule has 1 amide bonds. The number of hydrogen-bond acceptors (Lipinski definition) is 6. The van der Waals surface area contributed by atoms with Gasteiger partial charge >= 0.3 is 0 Å². The summed E-state index contributed by atoms with van der Waals surface area (Å²) in [5.41, 5.74) is -1.26. The maximum Gasteiger partial charge on any atom is 0.257 e. The zero-order valence-electron chi connectivity index (χ0n) is 18.1. The van der Waals surface area contributed by atoms with Crippen LogP contribution in [0.1, 0.15) is 55.0 Å². The summed E-state index contributed by atoms with van der Waals surface area (Å²) < 4.78 is 33.9. The Labute approximate surface area is 184 Å². The molecule has 32 heavy (non-hydrogen) atoms. The minimum absolute atomic E-state index is 0.00488. The molecule has 2 aliphatic heterocycles. The normalized spacial score (nSPS) is 22.2. The van der Waals surface area contributed by atoms with Crippen molar-refractivity contribution in [2.75, 3.05) is 6.61 Å². The Morgan fingerprint density at radius 2 is 2.03 bits per heavy atom. The van der Waals surface area contributed by atoms with E-state index in [2.05, 4.69) is 5.32 Å². The first-order valence-electron chi connectivity index (χ1n) is 10.5. The maximum atomic E-state index is 13.8. The average Bonchev–Trinajstić information content (AvgIpc) is 2.76. The first kappa shape index (κ1) is 23.8. The Balaban J connectivity index is 0.00000141. The van der Waals surface area contributed by atoms with Crippen molar-refractivity contribution in [2.24, 2.45) is 0 Å². The summed E-state index contributed by atoms with van der Waals surface area (Å²) in [6, 6.07) is 2.92. The van der Waals surface area contributed by atoms with Crippen LogP contribution in [0, 0.1) is 11.6 Å². The molecule has 1 saturated heterocycles. The number of benzene rings is 1. The van der Waals surface area contributed by atoms with Gasteiger partial charge in [-0.05, 0) is 19.4 Å². The van der Waals surface area contributed by atoms with Crippen LogP contribution in [-0.4, -0.2) is 44.5 Å². The monoisotopic (exact) mass is 451 g/mol. The summed E-state index contributed by atoms with van der Waals surface area (Å²) in [5.74, 6) is -3.12. The molecule has 8 nitrogen and oxygen atoms in total. The van der Waals surface area contributed by atoms with Crippen LogP contribution in [0.25, 0.3) is 0 Å². The van der Waals surface area contributed by atoms with Crippen molar-refractivity contribution < 1.29 is 28.5 Å². The Morgan fingerprint density at radius 3 is 2.72 bits per heavy atom. The van der Waals surface area contributed by atoms with E-state index in [1.165, 1.54) is 16.8 Å². The van der Waals surface area contributed by atoms with Gasteiger partial charge in [-0.15, -0.1) is 0 Å². The van der Waals surface area contributed by atoms with Gasteiger partial charge < -0.3 is 24.8 Å². The molecule has 3 heterocycles. The van der Waals surface area contributed by atoms with Crippen molar-refractivity contribution in [3.05, 3.63) is 63.1 Å². The minimum Gasteiger partial charge on any atom is -0.503 e. The van der Waals surface area contributed by atoms with Gasteiger partial charge in [-0.25, -0.2) is 13.7 Å². The van der Waals surface area contributed by atoms with E-state index in [-0.39, 0.29) is 36.0 Å². The Morgan fingerprint density at radius 1 is 1.31 bits per heavy atom. The maximum absolute atomic E-state index is 13.8. The lowest BCUT2D eigenvalue weighted by Gasteiger charge is -2.47. The van der Waals surface area contributed by atoms with Crippen LogP contribution < -0.4 is 10.7 Å². The molecule has 1 aromatic carbocycles. The smallest absolute Gasteiger partial charge is 0.257 e. The quantitative estimate of drug-likeness (QED) is 0.661. The van der Waals surface area contributed by atoms with Gasteiger partial charge in [0.25, 0.3) is 5.91 Å². The van der Waals surface area contributed by atoms with Crippen molar-refractivity contribution in [1.82, 2.24) is 14.8 Å². The van der Waals surface area contributed by atoms with Gasteiger partial charge in [-0.1, -0.05) is 19.9 Å². The average molecular weight is 451 g/mol. The van der Waals surface area contributed by atoms with Gasteiger partial charge in [0.1, 0.15) is 29.1 Å². The van der Waals surface area contributed by atoms with Crippen molar-refractivity contribution >= 4 is 5.91 Å². The Hall–Kier alpha value is -2.82. The highest BCUT2D eigenvalue weighted by Gasteiger charge is 2.41. The topological polar surface area (TPSA) is 104 Å². The number of nitrogens with zero attached hydrogens (tertiary/aromatic N) is 2. The first-order chi connectivity index (χ1) is 15.3. The molecule has 0 aliphatic carbocycles. The Kier molecular flexibility index (Phi) is 7.27. The van der Waals surface area contributed by atoms with Crippen LogP contribution in [0.4, 0.5) is 8.78 Å². The molecule has 10 heteroatoms. The first-order valence-corrected chi connectivity index (χ1v) is 10.5. The number of amides is 1. The molecule has 1 aromatic heterocycles. The van der Waals surface area contributed by atoms with Gasteiger partial charge in [0.2, 0.25) is 5.43 Å². The highest BCUT2D eigenvalue weighted by Crippen LogP contribution is 2.36. The summed E-state index contributed by atoms with van der Waals surface area (Å²) in [5, 5.41) is 23.6. The van der Waals surface area contributed by atoms with Gasteiger partial charge in [0.15, 0.2) is 12.0 Å². The molecule has 0 bridgehead atoms. The third-order valence-corrected chi connectivity index (χ3v) is 5.56. The number of pyridine rings is 1. The number of hydrogen-bond donors (Lipinski definition) is 3. The van der Waals surface area contributed by atoms with Crippen molar-refractivity contribution in [1.29, 1.82) is 0 Å². The fraction of sp³-hybridized carbons (Fsp3) is 0.455. The molecule has 0 spiro atoms. The van der Waals surface area contributed by atoms with E-state index in [4.69, 9.17) is 4.74 Å². The number of halogens is 2. The largest absolute Gasteiger partial charge is 0.503 e. The summed E-state index contributed by atoms with van der Waals surface area (Å²) >= 11 is 0. The standard InChI is InChI=1S/C20H21F2N3O5.C2H6/c1-10-4-5-30-15-9-24-8-13(17(26)18(27)16(24)20(29)25(10)15)19(28)23-7-11-2-3-12(21)6-14(11)22;1-2/h2-3,6,8,10,15,20,27,29H,4-5,7,9H2,1H3,(H,23,28);1-2H3/t10-,15?,20?;/m1./s1. The lowest BCUT2D eigenvalue weighted by Crippen LogP contribution is -2.55. The molecule has 4 rings (SSSR count). The van der Waals surface area contributed by atoms with E-state index in [0.717, 1.165) is 6.07 Å². The number of aromatic nitrogens is 1. The zero-order valence-corrected chi connectivity index (χ0v) is 18.1. The third kappa shape index (κ3) is 4.38. The minimum atomic E-state index is -1.27. The summed E-state index contributed by atoms with van der Waals surface area (Å²) in [6.45, 7) is 6.36. The molecule has 2 unspecified atom stereocenters. The molecule has 2 aromatic rings. The van der Waals surface area contributed by atoms with E-state index in [1.54, 1.807) is 4.90 Å². The van der Waals surface area contributed by atoms with Crippen LogP contribution in [0.5, 0.6) is 5.75 Å². The van der Waals surface area contributed by atoms with Gasteiger partial charge in [0.05, 0.1) is 13.2 Å². The van der Waals surface area contributed by atoms with E-state index >= 15 is 0 Å². The van der Waals surface area contributed by atoms with Crippen molar-refractivity contribution in [2.45, 2.75) is 58.8 Å². The Bertz CT molecular complexity index is 1060. The molecule has 174 valence electrons. The lowest BCUT2D eigenvalue weighted by atomic mass is 10.1. The molecule has 1 fully saturated rings. The van der Waals surface area contributed by atoms with E-state index in [9.17, 15) is 28.6 Å². The van der Waals surface area contributed by atoms with Gasteiger partial charge in [-0.2, -0.15) is 0 Å². The van der Waals surface area contributed by atoms with E-state index in [1.807, 2.05) is 20.8 Å². The highest BCUT2D eigenvalue weighted by molar-refractivity contribution is 5.94. The fourth-order valence-electron chi connectivity index (χ4n) is 3.93. The molecule has 0 saturated carbocycles. The molecule has 3 atom stereocenters. The van der Waals surface area contributed by atoms with Crippen LogP contribution in [0.2, 0.25) is 0 Å². The van der Waals surface area contributed by atoms with Gasteiger partial charge in [0, 0.05) is 30.4 Å². The molecule has 3 N–H and O–H groups in total. The molecule has 0 radical (unpaired) electrons. The zero-order chi connectivity index (χ0) is 23.6. The molecule has 2 aliphatic rings. The molecular formula is C22H27F2N3O5. The number of aromatic hydroxyl groups is 1. The summed E-state index contributed by atoms with van der Waals surface area (Å²) in [4.78, 5) is 26.8. The van der Waals surface area contributed by atoms with Gasteiger partial charge in [-0.3, -0.25) is 9.59 Å². The summed E-state index contributed by atoms with van der Waals surface area (Å²) in [7, 11) is 0. The van der Waals surface area contributed by atoms with Crippen LogP contribution in [0.15, 0.2) is 29.2 Å².